The number of rotatable bonds is 4. The average molecular weight is 220 g/mol. The third-order valence-electron chi connectivity index (χ3n) is 6.62. The van der Waals surface area contributed by atoms with Gasteiger partial charge in [-0.05, 0) is 61.2 Å². The summed E-state index contributed by atoms with van der Waals surface area (Å²) in [6.45, 7) is 2.33. The van der Waals surface area contributed by atoms with Crippen molar-refractivity contribution in [2.45, 2.75) is 70.3 Å². The van der Waals surface area contributed by atoms with E-state index in [1.54, 1.807) is 19.3 Å². The Morgan fingerprint density at radius 3 is 2.19 bits per heavy atom. The second-order valence-electron chi connectivity index (χ2n) is 7.61. The maximum Gasteiger partial charge on any atom is 0.0695 e. The Bertz CT molecular complexity index is 327. The van der Waals surface area contributed by atoms with Gasteiger partial charge in [0.05, 0.1) is 5.60 Å². The molecule has 0 radical (unpaired) electrons. The molecule has 90 valence electrons. The minimum absolute atomic E-state index is 0.322. The molecule has 5 aliphatic carbocycles. The number of unbranched alkanes of at least 4 members (excludes halogenated alkanes) is 1. The number of ether oxygens (including phenoxy) is 1. The lowest BCUT2D eigenvalue weighted by atomic mass is 9.60. The van der Waals surface area contributed by atoms with Crippen LogP contribution in [0.1, 0.15) is 64.7 Å². The summed E-state index contributed by atoms with van der Waals surface area (Å²) in [6.07, 6.45) is 13.2. The van der Waals surface area contributed by atoms with Crippen LogP contribution in [0.15, 0.2) is 0 Å². The van der Waals surface area contributed by atoms with Crippen LogP contribution in [-0.4, -0.2) is 12.7 Å². The van der Waals surface area contributed by atoms with Crippen LogP contribution in [0.25, 0.3) is 0 Å². The summed E-state index contributed by atoms with van der Waals surface area (Å²) in [6, 6.07) is 0. The van der Waals surface area contributed by atoms with E-state index in [1.807, 2.05) is 7.11 Å². The van der Waals surface area contributed by atoms with E-state index in [2.05, 4.69) is 6.92 Å². The van der Waals surface area contributed by atoms with Crippen LogP contribution in [0.5, 0.6) is 0 Å². The molecule has 1 heteroatoms. The van der Waals surface area contributed by atoms with Gasteiger partial charge in [-0.15, -0.1) is 0 Å². The fourth-order valence-electron chi connectivity index (χ4n) is 6.49. The summed E-state index contributed by atoms with van der Waals surface area (Å²) in [4.78, 5) is 0. The van der Waals surface area contributed by atoms with Crippen LogP contribution in [0.3, 0.4) is 0 Å². The lowest BCUT2D eigenvalue weighted by Gasteiger charge is -2.50. The minimum Gasteiger partial charge on any atom is -0.378 e. The van der Waals surface area contributed by atoms with Gasteiger partial charge in [0.1, 0.15) is 0 Å². The molecule has 0 aliphatic heterocycles. The highest BCUT2D eigenvalue weighted by atomic mass is 16.5. The first-order chi connectivity index (χ1) is 7.61. The first kappa shape index (κ1) is 9.94. The highest BCUT2D eigenvalue weighted by Gasteiger charge is 2.85. The SMILES string of the molecule is CCCCC12CC3(OC)C[C@@]4(C1)C[C@@]4(C2)C3. The normalized spacial score (nSPS) is 60.4. The molecule has 16 heavy (non-hydrogen) atoms. The van der Waals surface area contributed by atoms with Gasteiger partial charge in [0.15, 0.2) is 0 Å². The summed E-state index contributed by atoms with van der Waals surface area (Å²) in [5, 5.41) is 0. The van der Waals surface area contributed by atoms with Crippen LogP contribution < -0.4 is 0 Å². The molecule has 5 rings (SSSR count). The fourth-order valence-corrected chi connectivity index (χ4v) is 6.49. The molecule has 0 saturated heterocycles. The molecule has 4 atom stereocenters. The van der Waals surface area contributed by atoms with Gasteiger partial charge in [-0.2, -0.15) is 0 Å². The van der Waals surface area contributed by atoms with Crippen molar-refractivity contribution in [1.29, 1.82) is 0 Å². The quantitative estimate of drug-likeness (QED) is 0.698. The first-order valence-corrected chi connectivity index (χ1v) is 7.17. The highest BCUT2D eigenvalue weighted by Crippen LogP contribution is 2.91. The number of methoxy groups -OCH3 is 1. The van der Waals surface area contributed by atoms with Crippen molar-refractivity contribution in [3.63, 3.8) is 0 Å². The Kier molecular flexibility index (Phi) is 1.57. The molecule has 0 heterocycles. The molecule has 4 bridgehead atoms. The van der Waals surface area contributed by atoms with Crippen molar-refractivity contribution in [2.24, 2.45) is 16.2 Å². The number of hydrogen-bond acceptors (Lipinski definition) is 1. The van der Waals surface area contributed by atoms with Crippen LogP contribution in [0.4, 0.5) is 0 Å². The van der Waals surface area contributed by atoms with Gasteiger partial charge in [-0.1, -0.05) is 19.8 Å². The molecule has 0 aromatic rings. The lowest BCUT2D eigenvalue weighted by Crippen LogP contribution is -2.45. The van der Waals surface area contributed by atoms with Gasteiger partial charge >= 0.3 is 0 Å². The maximum atomic E-state index is 5.97. The van der Waals surface area contributed by atoms with Crippen molar-refractivity contribution in [2.75, 3.05) is 7.11 Å². The van der Waals surface area contributed by atoms with Crippen molar-refractivity contribution < 1.29 is 4.74 Å². The maximum absolute atomic E-state index is 5.97. The van der Waals surface area contributed by atoms with Crippen LogP contribution >= 0.6 is 0 Å². The third-order valence-corrected chi connectivity index (χ3v) is 6.62. The summed E-state index contributed by atoms with van der Waals surface area (Å²) in [7, 11) is 1.97. The Labute approximate surface area is 98.9 Å². The van der Waals surface area contributed by atoms with E-state index in [0.717, 1.165) is 10.8 Å². The fraction of sp³-hybridized carbons (Fsp3) is 1.00. The molecule has 0 aromatic carbocycles. The van der Waals surface area contributed by atoms with Crippen LogP contribution in [0, 0.1) is 16.2 Å². The smallest absolute Gasteiger partial charge is 0.0695 e. The predicted molar refractivity (Wildman–Crippen MR) is 64.3 cm³/mol. The molecule has 0 aromatic heterocycles. The van der Waals surface area contributed by atoms with E-state index < -0.39 is 0 Å². The van der Waals surface area contributed by atoms with E-state index in [1.165, 1.54) is 38.5 Å². The summed E-state index contributed by atoms with van der Waals surface area (Å²) >= 11 is 0. The van der Waals surface area contributed by atoms with Crippen molar-refractivity contribution in [3.8, 4) is 0 Å². The van der Waals surface area contributed by atoms with Gasteiger partial charge in [0.25, 0.3) is 0 Å². The molecular weight excluding hydrogens is 196 g/mol. The van der Waals surface area contributed by atoms with Crippen LogP contribution in [0.2, 0.25) is 0 Å². The van der Waals surface area contributed by atoms with E-state index in [9.17, 15) is 0 Å². The minimum atomic E-state index is 0.322. The molecule has 2 spiro atoms. The van der Waals surface area contributed by atoms with E-state index >= 15 is 0 Å². The zero-order valence-corrected chi connectivity index (χ0v) is 10.8. The Hall–Kier alpha value is -0.0400. The Morgan fingerprint density at radius 1 is 0.938 bits per heavy atom. The van der Waals surface area contributed by atoms with Gasteiger partial charge in [0, 0.05) is 7.11 Å². The molecule has 2 unspecified atom stereocenters. The van der Waals surface area contributed by atoms with Gasteiger partial charge in [0.2, 0.25) is 0 Å². The van der Waals surface area contributed by atoms with Crippen molar-refractivity contribution >= 4 is 0 Å². The Balaban J connectivity index is 1.66. The monoisotopic (exact) mass is 220 g/mol. The highest BCUT2D eigenvalue weighted by molar-refractivity contribution is 5.35. The van der Waals surface area contributed by atoms with E-state index in [4.69, 9.17) is 4.74 Å². The van der Waals surface area contributed by atoms with Gasteiger partial charge in [-0.3, -0.25) is 0 Å². The Morgan fingerprint density at radius 2 is 1.62 bits per heavy atom. The van der Waals surface area contributed by atoms with Gasteiger partial charge in [-0.25, -0.2) is 0 Å². The topological polar surface area (TPSA) is 9.23 Å². The number of hydrogen-bond donors (Lipinski definition) is 0. The first-order valence-electron chi connectivity index (χ1n) is 7.17. The van der Waals surface area contributed by atoms with Crippen molar-refractivity contribution in [1.82, 2.24) is 0 Å². The van der Waals surface area contributed by atoms with E-state index in [-0.39, 0.29) is 0 Å². The second kappa shape index (κ2) is 2.53. The molecule has 5 fully saturated rings. The molecule has 0 amide bonds. The summed E-state index contributed by atoms with van der Waals surface area (Å²) in [5.41, 5.74) is 2.58. The zero-order chi connectivity index (χ0) is 11.1. The standard InChI is InChI=1S/C15H24O/c1-3-4-5-12-6-13-9-14(13,7-12)11-15(8-12,10-13)16-2/h3-11H2,1-2H3/t12?,13-,14+,15?. The summed E-state index contributed by atoms with van der Waals surface area (Å²) in [5.74, 6) is 0. The van der Waals surface area contributed by atoms with Gasteiger partial charge < -0.3 is 4.74 Å². The molecule has 5 saturated carbocycles. The molecule has 0 N–H and O–H groups in total. The van der Waals surface area contributed by atoms with Crippen molar-refractivity contribution in [3.05, 3.63) is 0 Å². The average Bonchev–Trinajstić information content (AvgIpc) is 2.64. The largest absolute Gasteiger partial charge is 0.378 e. The van der Waals surface area contributed by atoms with Crippen LogP contribution in [-0.2, 0) is 4.74 Å². The lowest BCUT2D eigenvalue weighted by molar-refractivity contribution is -0.106. The van der Waals surface area contributed by atoms with E-state index in [0.29, 0.717) is 11.0 Å². The predicted octanol–water partition coefficient (Wildman–Crippen LogP) is 3.92. The second-order valence-corrected chi connectivity index (χ2v) is 7.61. The zero-order valence-electron chi connectivity index (χ0n) is 10.8. The third kappa shape index (κ3) is 0.903. The molecule has 5 aliphatic rings. The molecule has 1 nitrogen and oxygen atoms in total. The summed E-state index contributed by atoms with van der Waals surface area (Å²) < 4.78 is 5.97. The molecular formula is C15H24O.